The van der Waals surface area contributed by atoms with Gasteiger partial charge in [-0.05, 0) is 52.4 Å². The molecule has 0 bridgehead atoms. The molecule has 0 saturated carbocycles. The zero-order valence-electron chi connectivity index (χ0n) is 16.4. The van der Waals surface area contributed by atoms with Crippen LogP contribution in [-0.2, 0) is 17.4 Å². The second kappa shape index (κ2) is 7.48. The highest BCUT2D eigenvalue weighted by molar-refractivity contribution is 7.10. The van der Waals surface area contributed by atoms with Gasteiger partial charge in [-0.15, -0.1) is 11.3 Å². The Morgan fingerprint density at radius 2 is 1.76 bits per heavy atom. The first-order valence-corrected chi connectivity index (χ1v) is 10.5. The second-order valence-electron chi connectivity index (χ2n) is 7.45. The van der Waals surface area contributed by atoms with Crippen LogP contribution in [0.3, 0.4) is 0 Å². The van der Waals surface area contributed by atoms with E-state index >= 15 is 8.78 Å². The van der Waals surface area contributed by atoms with Gasteiger partial charge >= 0.3 is 12.2 Å². The van der Waals surface area contributed by atoms with Crippen LogP contribution < -0.4 is 10.2 Å². The van der Waals surface area contributed by atoms with Crippen molar-refractivity contribution in [3.63, 3.8) is 0 Å². The number of hydrogen-bond acceptors (Lipinski definition) is 4. The first-order valence-electron chi connectivity index (χ1n) is 9.58. The van der Waals surface area contributed by atoms with E-state index in [1.54, 1.807) is 18.3 Å². The molecule has 1 atom stereocenters. The zero-order valence-corrected chi connectivity index (χ0v) is 17.2. The third-order valence-corrected chi connectivity index (χ3v) is 6.38. The first kappa shape index (κ1) is 21.3. The number of alkyl halides is 3. The van der Waals surface area contributed by atoms with Crippen LogP contribution in [0.25, 0.3) is 11.1 Å². The predicted octanol–water partition coefficient (Wildman–Crippen LogP) is 5.77. The van der Waals surface area contributed by atoms with E-state index in [2.05, 4.69) is 10.3 Å². The van der Waals surface area contributed by atoms with Crippen molar-refractivity contribution in [1.29, 1.82) is 0 Å². The van der Waals surface area contributed by atoms with Gasteiger partial charge in [0.2, 0.25) is 0 Å². The molecule has 11 heteroatoms. The smallest absolute Gasteiger partial charge is 0.277 e. The van der Waals surface area contributed by atoms with Crippen molar-refractivity contribution in [2.75, 3.05) is 4.90 Å². The van der Waals surface area contributed by atoms with Crippen LogP contribution in [-0.4, -0.2) is 18.2 Å². The summed E-state index contributed by atoms with van der Waals surface area (Å²) < 4.78 is 68.8. The Hall–Kier alpha value is -3.60. The van der Waals surface area contributed by atoms with Gasteiger partial charge in [0.1, 0.15) is 22.6 Å². The molecule has 1 unspecified atom stereocenters. The molecule has 2 aliphatic heterocycles. The number of anilines is 1. The lowest BCUT2D eigenvalue weighted by Crippen LogP contribution is -2.30. The van der Waals surface area contributed by atoms with Gasteiger partial charge in [0, 0.05) is 18.3 Å². The van der Waals surface area contributed by atoms with Crippen LogP contribution in [0.5, 0.6) is 0 Å². The number of rotatable bonds is 3. The van der Waals surface area contributed by atoms with Gasteiger partial charge in [0.05, 0.1) is 11.3 Å². The Morgan fingerprint density at radius 3 is 2.42 bits per heavy atom. The molecule has 0 spiro atoms. The SMILES string of the molecule is O=C1NC(=O)N(c2ccc3c(c2)N=CC3)C1c1c(F)cc(-c2csc(C(F)(F)F)c2)cc1F. The molecule has 0 aliphatic carbocycles. The topological polar surface area (TPSA) is 61.8 Å². The fourth-order valence-electron chi connectivity index (χ4n) is 3.88. The quantitative estimate of drug-likeness (QED) is 0.385. The highest BCUT2D eigenvalue weighted by atomic mass is 32.1. The summed E-state index contributed by atoms with van der Waals surface area (Å²) in [6.45, 7) is 0. The average molecular weight is 477 g/mol. The lowest BCUT2D eigenvalue weighted by Gasteiger charge is -2.23. The van der Waals surface area contributed by atoms with Gasteiger partial charge in [0.15, 0.2) is 0 Å². The van der Waals surface area contributed by atoms with Crippen molar-refractivity contribution >= 4 is 40.9 Å². The van der Waals surface area contributed by atoms with E-state index in [0.717, 1.165) is 34.0 Å². The van der Waals surface area contributed by atoms with Crippen molar-refractivity contribution in [1.82, 2.24) is 5.32 Å². The zero-order chi connectivity index (χ0) is 23.5. The Bertz CT molecular complexity index is 1330. The number of fused-ring (bicyclic) bond motifs is 1. The van der Waals surface area contributed by atoms with Crippen molar-refractivity contribution in [2.24, 2.45) is 4.99 Å². The number of halogens is 5. The number of amides is 3. The van der Waals surface area contributed by atoms with E-state index in [4.69, 9.17) is 0 Å². The van der Waals surface area contributed by atoms with Crippen molar-refractivity contribution in [3.8, 4) is 11.1 Å². The Balaban J connectivity index is 1.56. The van der Waals surface area contributed by atoms with Crippen LogP contribution in [0.2, 0.25) is 0 Å². The maximum absolute atomic E-state index is 15.1. The molecule has 2 aliphatic rings. The Labute approximate surface area is 187 Å². The monoisotopic (exact) mass is 477 g/mol. The minimum absolute atomic E-state index is 0.0167. The fourth-order valence-corrected chi connectivity index (χ4v) is 4.67. The number of benzene rings is 2. The maximum atomic E-state index is 15.1. The summed E-state index contributed by atoms with van der Waals surface area (Å²) in [5.41, 5.74) is 0.874. The van der Waals surface area contributed by atoms with E-state index in [0.29, 0.717) is 23.4 Å². The minimum atomic E-state index is -4.58. The lowest BCUT2D eigenvalue weighted by atomic mass is 9.99. The Morgan fingerprint density at radius 1 is 1.03 bits per heavy atom. The van der Waals surface area contributed by atoms with Crippen LogP contribution >= 0.6 is 11.3 Å². The Kier molecular flexibility index (Phi) is 4.82. The van der Waals surface area contributed by atoms with Gasteiger partial charge in [-0.3, -0.25) is 20.0 Å². The number of hydrogen-bond donors (Lipinski definition) is 1. The van der Waals surface area contributed by atoms with Crippen LogP contribution in [0, 0.1) is 11.6 Å². The van der Waals surface area contributed by atoms with Gasteiger partial charge < -0.3 is 0 Å². The van der Waals surface area contributed by atoms with Crippen molar-refractivity contribution in [2.45, 2.75) is 18.6 Å². The molecule has 1 N–H and O–H groups in total. The summed E-state index contributed by atoms with van der Waals surface area (Å²) in [5, 5.41) is 3.19. The van der Waals surface area contributed by atoms with Gasteiger partial charge in [-0.25, -0.2) is 13.6 Å². The number of aliphatic imine (C=N–C) groups is 1. The van der Waals surface area contributed by atoms with E-state index in [1.165, 1.54) is 6.07 Å². The third kappa shape index (κ3) is 3.58. The molecular formula is C22H12F5N3O2S. The maximum Gasteiger partial charge on any atom is 0.425 e. The summed E-state index contributed by atoms with van der Waals surface area (Å²) in [6, 6.07) is 4.79. The fraction of sp³-hybridized carbons (Fsp3) is 0.136. The second-order valence-corrected chi connectivity index (χ2v) is 8.36. The summed E-state index contributed by atoms with van der Waals surface area (Å²) >= 11 is 0.402. The highest BCUT2D eigenvalue weighted by Gasteiger charge is 2.44. The van der Waals surface area contributed by atoms with Crippen molar-refractivity contribution < 1.29 is 31.5 Å². The summed E-state index contributed by atoms with van der Waals surface area (Å²) in [4.78, 5) is 29.2. The standard InChI is InChI=1S/C22H12F5N3O2S/c23-14-5-11(12-7-17(33-9-12)22(25,26)27)6-15(24)18(14)19-20(31)29-21(32)30(19)13-2-1-10-3-4-28-16(10)8-13/h1-2,4-9,19H,3H2,(H,29,31,32). The lowest BCUT2D eigenvalue weighted by molar-refractivity contribution is -0.134. The molecule has 1 saturated heterocycles. The van der Waals surface area contributed by atoms with Gasteiger partial charge in [0.25, 0.3) is 5.91 Å². The van der Waals surface area contributed by atoms with E-state index in [-0.39, 0.29) is 16.8 Å². The number of thiophene rings is 1. The molecule has 5 rings (SSSR count). The molecule has 3 aromatic rings. The van der Waals surface area contributed by atoms with Gasteiger partial charge in [-0.1, -0.05) is 6.07 Å². The normalized spacial score (nSPS) is 17.6. The minimum Gasteiger partial charge on any atom is -0.277 e. The van der Waals surface area contributed by atoms with E-state index in [1.807, 2.05) is 0 Å². The number of nitrogens with zero attached hydrogens (tertiary/aromatic N) is 2. The average Bonchev–Trinajstić information content (AvgIpc) is 3.46. The predicted molar refractivity (Wildman–Crippen MR) is 112 cm³/mol. The molecule has 168 valence electrons. The molecule has 3 heterocycles. The summed E-state index contributed by atoms with van der Waals surface area (Å²) in [7, 11) is 0. The molecule has 2 aromatic carbocycles. The van der Waals surface area contributed by atoms with Crippen LogP contribution in [0.1, 0.15) is 22.0 Å². The molecule has 0 radical (unpaired) electrons. The number of carbonyl (C=O) groups excluding carboxylic acids is 2. The van der Waals surface area contributed by atoms with Crippen LogP contribution in [0.4, 0.5) is 38.1 Å². The van der Waals surface area contributed by atoms with Gasteiger partial charge in [-0.2, -0.15) is 13.2 Å². The largest absolute Gasteiger partial charge is 0.425 e. The van der Waals surface area contributed by atoms with Crippen molar-refractivity contribution in [3.05, 3.63) is 69.4 Å². The molecule has 33 heavy (non-hydrogen) atoms. The number of urea groups is 1. The molecule has 1 fully saturated rings. The number of nitrogens with one attached hydrogen (secondary N) is 1. The molecule has 3 amide bonds. The number of imide groups is 1. The van der Waals surface area contributed by atoms with E-state index in [9.17, 15) is 22.8 Å². The highest BCUT2D eigenvalue weighted by Crippen LogP contribution is 2.40. The molecule has 5 nitrogen and oxygen atoms in total. The summed E-state index contributed by atoms with van der Waals surface area (Å²) in [5.74, 6) is -3.25. The first-order chi connectivity index (χ1) is 15.6. The molecular weight excluding hydrogens is 465 g/mol. The summed E-state index contributed by atoms with van der Waals surface area (Å²) in [6.07, 6.45) is -2.30. The van der Waals surface area contributed by atoms with Crippen LogP contribution in [0.15, 0.2) is 46.8 Å². The number of carbonyl (C=O) groups is 2. The van der Waals surface area contributed by atoms with E-state index < -0.39 is 46.2 Å². The third-order valence-electron chi connectivity index (χ3n) is 5.41. The molecule has 1 aromatic heterocycles.